The molecule has 0 saturated heterocycles. The normalized spacial score (nSPS) is 12.0. The highest BCUT2D eigenvalue weighted by molar-refractivity contribution is 6.29. The Morgan fingerprint density at radius 1 is 1.05 bits per heavy atom. The summed E-state index contributed by atoms with van der Waals surface area (Å²) < 4.78 is 39.4. The van der Waals surface area contributed by atoms with E-state index in [4.69, 9.17) is 11.6 Å². The van der Waals surface area contributed by atoms with Gasteiger partial charge in [0.2, 0.25) is 0 Å². The molecule has 20 heavy (non-hydrogen) atoms. The van der Waals surface area contributed by atoms with Crippen LogP contribution in [0.15, 0.2) is 42.5 Å². The fraction of sp³-hybridized carbons (Fsp3) is 0.0769. The lowest BCUT2D eigenvalue weighted by atomic mass is 10.1. The molecule has 102 valence electrons. The Morgan fingerprint density at radius 2 is 1.80 bits per heavy atom. The lowest BCUT2D eigenvalue weighted by Crippen LogP contribution is -2.04. The molecular formula is C13H7ClF3N3. The summed E-state index contributed by atoms with van der Waals surface area (Å²) in [5.41, 5.74) is 0.0319. The van der Waals surface area contributed by atoms with E-state index in [0.29, 0.717) is 16.4 Å². The molecule has 0 unspecified atom stereocenters. The van der Waals surface area contributed by atoms with Crippen molar-refractivity contribution in [2.75, 3.05) is 0 Å². The van der Waals surface area contributed by atoms with Crippen molar-refractivity contribution in [2.24, 2.45) is 0 Å². The first-order valence-corrected chi connectivity index (χ1v) is 6.02. The number of hydrogen-bond acceptors (Lipinski definition) is 2. The molecule has 0 N–H and O–H groups in total. The van der Waals surface area contributed by atoms with Gasteiger partial charge >= 0.3 is 6.18 Å². The first-order chi connectivity index (χ1) is 9.45. The molecule has 0 aliphatic heterocycles. The van der Waals surface area contributed by atoms with E-state index in [2.05, 4.69) is 10.1 Å². The molecule has 0 aliphatic carbocycles. The fourth-order valence-corrected chi connectivity index (χ4v) is 2.03. The molecule has 0 atom stereocenters. The van der Waals surface area contributed by atoms with Gasteiger partial charge in [0, 0.05) is 5.56 Å². The Morgan fingerprint density at radius 3 is 2.50 bits per heavy atom. The molecular weight excluding hydrogens is 291 g/mol. The second kappa shape index (κ2) is 4.49. The van der Waals surface area contributed by atoms with Crippen LogP contribution in [0.1, 0.15) is 5.56 Å². The van der Waals surface area contributed by atoms with Crippen LogP contribution in [0.3, 0.4) is 0 Å². The number of hydrogen-bond donors (Lipinski definition) is 0. The highest BCUT2D eigenvalue weighted by atomic mass is 35.5. The molecule has 3 aromatic rings. The second-order valence-corrected chi connectivity index (χ2v) is 4.52. The van der Waals surface area contributed by atoms with Crippen molar-refractivity contribution >= 4 is 17.2 Å². The van der Waals surface area contributed by atoms with E-state index in [-0.39, 0.29) is 5.82 Å². The van der Waals surface area contributed by atoms with Crippen molar-refractivity contribution in [3.63, 3.8) is 0 Å². The Balaban J connectivity index is 2.14. The standard InChI is InChI=1S/C13H7ClF3N3/c14-10-5-2-6-11-18-12(19-20(10)11)8-3-1-4-9(7-8)13(15,16)17/h1-7H. The van der Waals surface area contributed by atoms with Crippen molar-refractivity contribution in [2.45, 2.75) is 6.18 Å². The minimum Gasteiger partial charge on any atom is -0.207 e. The Bertz CT molecular complexity index is 780. The van der Waals surface area contributed by atoms with E-state index in [1.807, 2.05) is 0 Å². The van der Waals surface area contributed by atoms with Gasteiger partial charge in [-0.3, -0.25) is 0 Å². The predicted octanol–water partition coefficient (Wildman–Crippen LogP) is 4.07. The summed E-state index contributed by atoms with van der Waals surface area (Å²) in [6.45, 7) is 0. The summed E-state index contributed by atoms with van der Waals surface area (Å²) in [7, 11) is 0. The predicted molar refractivity (Wildman–Crippen MR) is 68.4 cm³/mol. The van der Waals surface area contributed by atoms with Crippen LogP contribution < -0.4 is 0 Å². The summed E-state index contributed by atoms with van der Waals surface area (Å²) in [5, 5.41) is 4.45. The topological polar surface area (TPSA) is 30.2 Å². The number of rotatable bonds is 1. The first kappa shape index (κ1) is 12.9. The maximum absolute atomic E-state index is 12.7. The Hall–Kier alpha value is -2.08. The van der Waals surface area contributed by atoms with Gasteiger partial charge in [0.25, 0.3) is 0 Å². The summed E-state index contributed by atoms with van der Waals surface area (Å²) in [5.74, 6) is 0.198. The zero-order chi connectivity index (χ0) is 14.3. The van der Waals surface area contributed by atoms with Gasteiger partial charge in [0.15, 0.2) is 11.5 Å². The van der Waals surface area contributed by atoms with Gasteiger partial charge in [-0.05, 0) is 24.3 Å². The minimum absolute atomic E-state index is 0.198. The number of alkyl halides is 3. The third-order valence-electron chi connectivity index (χ3n) is 2.76. The van der Waals surface area contributed by atoms with Gasteiger partial charge in [0.1, 0.15) is 5.15 Å². The van der Waals surface area contributed by atoms with Crippen molar-refractivity contribution in [1.29, 1.82) is 0 Å². The summed E-state index contributed by atoms with van der Waals surface area (Å²) >= 11 is 5.94. The van der Waals surface area contributed by atoms with Crippen LogP contribution in [0.2, 0.25) is 5.15 Å². The van der Waals surface area contributed by atoms with Gasteiger partial charge in [0.05, 0.1) is 5.56 Å². The Labute approximate surface area is 116 Å². The van der Waals surface area contributed by atoms with Crippen molar-refractivity contribution in [3.05, 3.63) is 53.2 Å². The van der Waals surface area contributed by atoms with Crippen LogP contribution in [-0.2, 0) is 6.18 Å². The average Bonchev–Trinajstić information content (AvgIpc) is 2.83. The molecule has 3 nitrogen and oxygen atoms in total. The number of halogens is 4. The van der Waals surface area contributed by atoms with E-state index < -0.39 is 11.7 Å². The van der Waals surface area contributed by atoms with Crippen LogP contribution >= 0.6 is 11.6 Å². The van der Waals surface area contributed by atoms with Crippen LogP contribution in [0.25, 0.3) is 17.0 Å². The van der Waals surface area contributed by atoms with E-state index in [0.717, 1.165) is 12.1 Å². The molecule has 0 saturated carbocycles. The largest absolute Gasteiger partial charge is 0.416 e. The summed E-state index contributed by atoms with van der Waals surface area (Å²) in [6.07, 6.45) is -4.40. The van der Waals surface area contributed by atoms with Crippen LogP contribution in [0.4, 0.5) is 13.2 Å². The average molecular weight is 298 g/mol. The van der Waals surface area contributed by atoms with Gasteiger partial charge in [-0.15, -0.1) is 5.10 Å². The summed E-state index contributed by atoms with van der Waals surface area (Å²) in [4.78, 5) is 4.17. The smallest absolute Gasteiger partial charge is 0.207 e. The molecule has 1 aromatic carbocycles. The molecule has 0 fully saturated rings. The first-order valence-electron chi connectivity index (χ1n) is 5.64. The highest BCUT2D eigenvalue weighted by Gasteiger charge is 2.30. The third-order valence-corrected chi connectivity index (χ3v) is 3.05. The van der Waals surface area contributed by atoms with E-state index >= 15 is 0 Å². The molecule has 0 bridgehead atoms. The molecule has 2 aromatic heterocycles. The van der Waals surface area contributed by atoms with Gasteiger partial charge < -0.3 is 0 Å². The SMILES string of the molecule is FC(F)(F)c1cccc(-c2nc3cccc(Cl)n3n2)c1. The lowest BCUT2D eigenvalue weighted by molar-refractivity contribution is -0.137. The molecule has 7 heteroatoms. The molecule has 0 radical (unpaired) electrons. The molecule has 2 heterocycles. The van der Waals surface area contributed by atoms with E-state index in [1.54, 1.807) is 18.2 Å². The molecule has 0 spiro atoms. The minimum atomic E-state index is -4.40. The number of benzene rings is 1. The monoisotopic (exact) mass is 297 g/mol. The quantitative estimate of drug-likeness (QED) is 0.634. The van der Waals surface area contributed by atoms with E-state index in [9.17, 15) is 13.2 Å². The molecule has 3 rings (SSSR count). The Kier molecular flexibility index (Phi) is 2.90. The molecule has 0 amide bonds. The lowest BCUT2D eigenvalue weighted by Gasteiger charge is -2.06. The fourth-order valence-electron chi connectivity index (χ4n) is 1.83. The van der Waals surface area contributed by atoms with Gasteiger partial charge in [-0.1, -0.05) is 29.8 Å². The van der Waals surface area contributed by atoms with Crippen LogP contribution in [0.5, 0.6) is 0 Å². The van der Waals surface area contributed by atoms with Crippen molar-refractivity contribution < 1.29 is 13.2 Å². The van der Waals surface area contributed by atoms with Gasteiger partial charge in [-0.25, -0.2) is 9.50 Å². The summed E-state index contributed by atoms with van der Waals surface area (Å²) in [6, 6.07) is 9.87. The second-order valence-electron chi connectivity index (χ2n) is 4.13. The van der Waals surface area contributed by atoms with Crippen molar-refractivity contribution in [1.82, 2.24) is 14.6 Å². The number of fused-ring (bicyclic) bond motifs is 1. The maximum Gasteiger partial charge on any atom is 0.416 e. The van der Waals surface area contributed by atoms with Gasteiger partial charge in [-0.2, -0.15) is 13.2 Å². The highest BCUT2D eigenvalue weighted by Crippen LogP contribution is 2.31. The number of pyridine rings is 1. The van der Waals surface area contributed by atoms with E-state index in [1.165, 1.54) is 16.6 Å². The number of nitrogens with zero attached hydrogens (tertiary/aromatic N) is 3. The zero-order valence-electron chi connectivity index (χ0n) is 9.89. The number of aromatic nitrogens is 3. The maximum atomic E-state index is 12.7. The van der Waals surface area contributed by atoms with Crippen LogP contribution in [0, 0.1) is 0 Å². The zero-order valence-corrected chi connectivity index (χ0v) is 10.7. The third kappa shape index (κ3) is 2.22. The van der Waals surface area contributed by atoms with Crippen LogP contribution in [-0.4, -0.2) is 14.6 Å². The molecule has 0 aliphatic rings. The van der Waals surface area contributed by atoms with Crippen molar-refractivity contribution in [3.8, 4) is 11.4 Å².